The van der Waals surface area contributed by atoms with Crippen molar-refractivity contribution in [1.29, 1.82) is 0 Å². The summed E-state index contributed by atoms with van der Waals surface area (Å²) < 4.78 is 0. The van der Waals surface area contributed by atoms with Crippen molar-refractivity contribution in [1.82, 2.24) is 10.2 Å². The molecule has 112 valence electrons. The fourth-order valence-electron chi connectivity index (χ4n) is 2.76. The SMILES string of the molecule is CCCNC(C)(CCN1CC(C)CCC1C)C(N)=O. The number of piperidine rings is 1. The van der Waals surface area contributed by atoms with Crippen LogP contribution in [0.4, 0.5) is 0 Å². The summed E-state index contributed by atoms with van der Waals surface area (Å²) in [6, 6.07) is 0.625. The predicted octanol–water partition coefficient (Wildman–Crippen LogP) is 1.74. The number of rotatable bonds is 7. The molecular formula is C15H31N3O. The van der Waals surface area contributed by atoms with Gasteiger partial charge in [-0.05, 0) is 52.0 Å². The van der Waals surface area contributed by atoms with Gasteiger partial charge in [-0.15, -0.1) is 0 Å². The molecule has 0 radical (unpaired) electrons. The van der Waals surface area contributed by atoms with Gasteiger partial charge in [-0.25, -0.2) is 0 Å². The number of nitrogens with one attached hydrogen (secondary N) is 1. The molecule has 1 rings (SSSR count). The van der Waals surface area contributed by atoms with E-state index in [1.54, 1.807) is 0 Å². The van der Waals surface area contributed by atoms with E-state index in [0.717, 1.165) is 38.4 Å². The summed E-state index contributed by atoms with van der Waals surface area (Å²) in [4.78, 5) is 14.2. The number of carbonyl (C=O) groups excluding carboxylic acids is 1. The van der Waals surface area contributed by atoms with Crippen LogP contribution >= 0.6 is 0 Å². The van der Waals surface area contributed by atoms with Crippen LogP contribution in [0.3, 0.4) is 0 Å². The third-order valence-electron chi connectivity index (χ3n) is 4.45. The number of carbonyl (C=O) groups is 1. The van der Waals surface area contributed by atoms with Crippen molar-refractivity contribution in [2.45, 2.75) is 65.0 Å². The zero-order chi connectivity index (χ0) is 14.5. The van der Waals surface area contributed by atoms with Crippen LogP contribution in [0.1, 0.15) is 53.4 Å². The number of likely N-dealkylation sites (tertiary alicyclic amines) is 1. The molecule has 1 saturated heterocycles. The number of hydrogen-bond donors (Lipinski definition) is 2. The minimum absolute atomic E-state index is 0.237. The van der Waals surface area contributed by atoms with Crippen molar-refractivity contribution in [2.75, 3.05) is 19.6 Å². The van der Waals surface area contributed by atoms with Crippen molar-refractivity contribution in [3.05, 3.63) is 0 Å². The first-order valence-electron chi connectivity index (χ1n) is 7.68. The van der Waals surface area contributed by atoms with Crippen LogP contribution in [0.5, 0.6) is 0 Å². The second-order valence-electron chi connectivity index (χ2n) is 6.40. The molecule has 1 aliphatic heterocycles. The van der Waals surface area contributed by atoms with Crippen molar-refractivity contribution in [3.8, 4) is 0 Å². The molecule has 0 aromatic rings. The van der Waals surface area contributed by atoms with Crippen LogP contribution in [-0.4, -0.2) is 42.0 Å². The Labute approximate surface area is 118 Å². The van der Waals surface area contributed by atoms with Crippen LogP contribution in [0.2, 0.25) is 0 Å². The summed E-state index contributed by atoms with van der Waals surface area (Å²) in [6.45, 7) is 11.6. The van der Waals surface area contributed by atoms with E-state index in [0.29, 0.717) is 6.04 Å². The summed E-state index contributed by atoms with van der Waals surface area (Å²) in [6.07, 6.45) is 4.38. The van der Waals surface area contributed by atoms with Gasteiger partial charge in [0.05, 0.1) is 5.54 Å². The lowest BCUT2D eigenvalue weighted by atomic mass is 9.92. The van der Waals surface area contributed by atoms with Gasteiger partial charge in [0.2, 0.25) is 5.91 Å². The fraction of sp³-hybridized carbons (Fsp3) is 0.933. The molecule has 4 nitrogen and oxygen atoms in total. The topological polar surface area (TPSA) is 58.4 Å². The van der Waals surface area contributed by atoms with Gasteiger partial charge >= 0.3 is 0 Å². The maximum atomic E-state index is 11.7. The van der Waals surface area contributed by atoms with Gasteiger partial charge in [0.1, 0.15) is 0 Å². The minimum atomic E-state index is -0.573. The molecule has 4 heteroatoms. The monoisotopic (exact) mass is 269 g/mol. The molecule has 0 aromatic carbocycles. The molecule has 0 bridgehead atoms. The molecule has 1 amide bonds. The second-order valence-corrected chi connectivity index (χ2v) is 6.40. The highest BCUT2D eigenvalue weighted by Gasteiger charge is 2.32. The van der Waals surface area contributed by atoms with E-state index in [1.165, 1.54) is 12.8 Å². The Kier molecular flexibility index (Phi) is 6.27. The third kappa shape index (κ3) is 4.77. The highest BCUT2D eigenvalue weighted by Crippen LogP contribution is 2.22. The molecule has 3 atom stereocenters. The zero-order valence-electron chi connectivity index (χ0n) is 13.0. The van der Waals surface area contributed by atoms with E-state index < -0.39 is 5.54 Å². The van der Waals surface area contributed by atoms with E-state index in [2.05, 4.69) is 31.0 Å². The molecule has 0 spiro atoms. The van der Waals surface area contributed by atoms with Crippen LogP contribution < -0.4 is 11.1 Å². The van der Waals surface area contributed by atoms with E-state index in [-0.39, 0.29) is 5.91 Å². The number of nitrogens with zero attached hydrogens (tertiary/aromatic N) is 1. The molecule has 1 heterocycles. The molecule has 0 saturated carbocycles. The fourth-order valence-corrected chi connectivity index (χ4v) is 2.76. The molecule has 1 fully saturated rings. The molecule has 0 aromatic heterocycles. The van der Waals surface area contributed by atoms with Gasteiger partial charge in [0.15, 0.2) is 0 Å². The number of primary amides is 1. The zero-order valence-corrected chi connectivity index (χ0v) is 13.0. The smallest absolute Gasteiger partial charge is 0.237 e. The van der Waals surface area contributed by atoms with E-state index >= 15 is 0 Å². The molecule has 3 N–H and O–H groups in total. The summed E-state index contributed by atoms with van der Waals surface area (Å²) in [5.41, 5.74) is 5.00. The molecule has 19 heavy (non-hydrogen) atoms. The molecule has 1 aliphatic rings. The average Bonchev–Trinajstić information content (AvgIpc) is 2.37. The lowest BCUT2D eigenvalue weighted by Crippen LogP contribution is -2.55. The second kappa shape index (κ2) is 7.25. The highest BCUT2D eigenvalue weighted by molar-refractivity contribution is 5.84. The Hall–Kier alpha value is -0.610. The van der Waals surface area contributed by atoms with Crippen LogP contribution in [0.15, 0.2) is 0 Å². The van der Waals surface area contributed by atoms with Crippen molar-refractivity contribution in [2.24, 2.45) is 11.7 Å². The van der Waals surface area contributed by atoms with Gasteiger partial charge in [-0.3, -0.25) is 4.79 Å². The first kappa shape index (κ1) is 16.4. The summed E-state index contributed by atoms with van der Waals surface area (Å²) in [7, 11) is 0. The number of nitrogens with two attached hydrogens (primary N) is 1. The van der Waals surface area contributed by atoms with Crippen molar-refractivity contribution in [3.63, 3.8) is 0 Å². The van der Waals surface area contributed by atoms with Crippen molar-refractivity contribution >= 4 is 5.91 Å². The maximum absolute atomic E-state index is 11.7. The third-order valence-corrected chi connectivity index (χ3v) is 4.45. The Morgan fingerprint density at radius 3 is 2.68 bits per heavy atom. The largest absolute Gasteiger partial charge is 0.368 e. The van der Waals surface area contributed by atoms with Crippen molar-refractivity contribution < 1.29 is 4.79 Å². The van der Waals surface area contributed by atoms with E-state index in [1.807, 2.05) is 6.92 Å². The quantitative estimate of drug-likeness (QED) is 0.740. The molecule has 0 aliphatic carbocycles. The summed E-state index contributed by atoms with van der Waals surface area (Å²) >= 11 is 0. The average molecular weight is 269 g/mol. The van der Waals surface area contributed by atoms with E-state index in [9.17, 15) is 4.79 Å². The first-order valence-corrected chi connectivity index (χ1v) is 7.68. The van der Waals surface area contributed by atoms with Crippen LogP contribution in [0, 0.1) is 5.92 Å². The number of amides is 1. The lowest BCUT2D eigenvalue weighted by molar-refractivity contribution is -0.124. The van der Waals surface area contributed by atoms with Gasteiger partial charge in [0.25, 0.3) is 0 Å². The molecule has 3 unspecified atom stereocenters. The van der Waals surface area contributed by atoms with Gasteiger partial charge < -0.3 is 16.0 Å². The Bertz CT molecular complexity index is 295. The van der Waals surface area contributed by atoms with Gasteiger partial charge in [-0.1, -0.05) is 13.8 Å². The summed E-state index contributed by atoms with van der Waals surface area (Å²) in [5.74, 6) is 0.526. The van der Waals surface area contributed by atoms with Gasteiger partial charge in [-0.2, -0.15) is 0 Å². The maximum Gasteiger partial charge on any atom is 0.237 e. The first-order chi connectivity index (χ1) is 8.89. The summed E-state index contributed by atoms with van der Waals surface area (Å²) in [5, 5.41) is 3.31. The lowest BCUT2D eigenvalue weighted by Gasteiger charge is -2.39. The van der Waals surface area contributed by atoms with Crippen LogP contribution in [-0.2, 0) is 4.79 Å². The number of hydrogen-bond acceptors (Lipinski definition) is 3. The van der Waals surface area contributed by atoms with Crippen LogP contribution in [0.25, 0.3) is 0 Å². The van der Waals surface area contributed by atoms with E-state index in [4.69, 9.17) is 5.73 Å². The Morgan fingerprint density at radius 2 is 2.11 bits per heavy atom. The highest BCUT2D eigenvalue weighted by atomic mass is 16.1. The standard InChI is InChI=1S/C15H31N3O/c1-5-9-17-15(4,14(16)19)8-10-18-11-12(2)6-7-13(18)3/h12-13,17H,5-11H2,1-4H3,(H2,16,19). The minimum Gasteiger partial charge on any atom is -0.368 e. The Balaban J connectivity index is 2.53. The molecular weight excluding hydrogens is 238 g/mol. The normalized spacial score (nSPS) is 28.0. The Morgan fingerprint density at radius 1 is 1.42 bits per heavy atom. The van der Waals surface area contributed by atoms with Gasteiger partial charge in [0, 0.05) is 19.1 Å². The predicted molar refractivity (Wildman–Crippen MR) is 79.9 cm³/mol.